The summed E-state index contributed by atoms with van der Waals surface area (Å²) < 4.78 is 14.7. The molecular weight excluding hydrogens is 231 g/mol. The van der Waals surface area contributed by atoms with E-state index in [-0.39, 0.29) is 5.82 Å². The van der Waals surface area contributed by atoms with E-state index in [0.29, 0.717) is 6.54 Å². The van der Waals surface area contributed by atoms with Gasteiger partial charge in [-0.2, -0.15) is 5.10 Å². The van der Waals surface area contributed by atoms with Crippen LogP contribution in [0.3, 0.4) is 0 Å². The van der Waals surface area contributed by atoms with Crippen molar-refractivity contribution in [3.63, 3.8) is 0 Å². The van der Waals surface area contributed by atoms with Gasteiger partial charge in [0.25, 0.3) is 0 Å². The number of halogens is 1. The van der Waals surface area contributed by atoms with Crippen molar-refractivity contribution in [2.45, 2.75) is 32.9 Å². The second-order valence-corrected chi connectivity index (χ2v) is 5.20. The summed E-state index contributed by atoms with van der Waals surface area (Å²) in [7, 11) is 0. The van der Waals surface area contributed by atoms with Crippen LogP contribution in [0.25, 0.3) is 11.1 Å². The van der Waals surface area contributed by atoms with Crippen LogP contribution in [-0.4, -0.2) is 20.5 Å². The summed E-state index contributed by atoms with van der Waals surface area (Å²) in [5, 5.41) is 13.9. The molecule has 0 unspecified atom stereocenters. The van der Waals surface area contributed by atoms with Crippen molar-refractivity contribution in [1.29, 1.82) is 0 Å². The van der Waals surface area contributed by atoms with Crippen molar-refractivity contribution < 1.29 is 9.50 Å². The Morgan fingerprint density at radius 1 is 1.39 bits per heavy atom. The topological polar surface area (TPSA) is 38.0 Å². The van der Waals surface area contributed by atoms with E-state index in [1.54, 1.807) is 30.8 Å². The molecule has 1 aromatic carbocycles. The molecule has 0 radical (unpaired) electrons. The van der Waals surface area contributed by atoms with Crippen molar-refractivity contribution in [3.8, 4) is 11.1 Å². The van der Waals surface area contributed by atoms with Gasteiger partial charge in [-0.15, -0.1) is 0 Å². The van der Waals surface area contributed by atoms with Crippen molar-refractivity contribution in [3.05, 3.63) is 42.0 Å². The zero-order chi connectivity index (χ0) is 13.3. The number of benzene rings is 1. The molecule has 2 aromatic rings. The Hall–Kier alpha value is -1.68. The van der Waals surface area contributed by atoms with E-state index in [0.717, 1.165) is 16.7 Å². The first-order valence-corrected chi connectivity index (χ1v) is 5.86. The molecule has 0 aliphatic heterocycles. The minimum absolute atomic E-state index is 0.236. The van der Waals surface area contributed by atoms with Crippen molar-refractivity contribution >= 4 is 0 Å². The summed E-state index contributed by atoms with van der Waals surface area (Å²) in [6.45, 7) is 5.76. The maximum atomic E-state index is 13.0. The van der Waals surface area contributed by atoms with Crippen LogP contribution < -0.4 is 0 Å². The van der Waals surface area contributed by atoms with Crippen LogP contribution in [0.4, 0.5) is 4.39 Å². The molecule has 0 saturated heterocycles. The van der Waals surface area contributed by atoms with Crippen LogP contribution in [0.2, 0.25) is 0 Å². The fraction of sp³-hybridized carbons (Fsp3) is 0.357. The Labute approximate surface area is 106 Å². The van der Waals surface area contributed by atoms with E-state index in [1.807, 2.05) is 13.1 Å². The molecule has 96 valence electrons. The first-order valence-electron chi connectivity index (χ1n) is 5.86. The smallest absolute Gasteiger partial charge is 0.123 e. The van der Waals surface area contributed by atoms with Gasteiger partial charge in [-0.25, -0.2) is 4.39 Å². The van der Waals surface area contributed by atoms with E-state index in [4.69, 9.17) is 0 Å². The molecule has 0 saturated carbocycles. The molecule has 2 rings (SSSR count). The SMILES string of the molecule is Cc1cc(F)ccc1-c1cnn(CC(C)(C)O)c1. The van der Waals surface area contributed by atoms with Crippen molar-refractivity contribution in [2.75, 3.05) is 0 Å². The second kappa shape index (κ2) is 4.53. The Bertz CT molecular complexity index is 555. The first-order chi connectivity index (χ1) is 8.35. The third-order valence-electron chi connectivity index (χ3n) is 2.68. The highest BCUT2D eigenvalue weighted by Crippen LogP contribution is 2.23. The average Bonchev–Trinajstić information content (AvgIpc) is 2.63. The van der Waals surface area contributed by atoms with E-state index >= 15 is 0 Å². The lowest BCUT2D eigenvalue weighted by Crippen LogP contribution is -2.26. The highest BCUT2D eigenvalue weighted by atomic mass is 19.1. The van der Waals surface area contributed by atoms with Gasteiger partial charge in [0.05, 0.1) is 18.3 Å². The molecule has 1 N–H and O–H groups in total. The molecule has 0 bridgehead atoms. The summed E-state index contributed by atoms with van der Waals surface area (Å²) in [5.41, 5.74) is 1.95. The Kier molecular flexibility index (Phi) is 3.22. The van der Waals surface area contributed by atoms with E-state index in [2.05, 4.69) is 5.10 Å². The lowest BCUT2D eigenvalue weighted by Gasteiger charge is -2.16. The summed E-state index contributed by atoms with van der Waals surface area (Å²) in [5.74, 6) is -0.236. The summed E-state index contributed by atoms with van der Waals surface area (Å²) in [6, 6.07) is 4.69. The predicted molar refractivity (Wildman–Crippen MR) is 68.7 cm³/mol. The number of hydrogen-bond acceptors (Lipinski definition) is 2. The monoisotopic (exact) mass is 248 g/mol. The quantitative estimate of drug-likeness (QED) is 0.907. The standard InChI is InChI=1S/C14H17FN2O/c1-10-6-12(15)4-5-13(10)11-7-16-17(8-11)9-14(2,3)18/h4-8,18H,9H2,1-3H3. The summed E-state index contributed by atoms with van der Waals surface area (Å²) >= 11 is 0. The van der Waals surface area contributed by atoms with Crippen LogP contribution in [0, 0.1) is 12.7 Å². The largest absolute Gasteiger partial charge is 0.389 e. The molecule has 0 aliphatic rings. The maximum Gasteiger partial charge on any atom is 0.123 e. The van der Waals surface area contributed by atoms with E-state index in [1.165, 1.54) is 12.1 Å². The van der Waals surface area contributed by atoms with Gasteiger partial charge in [-0.05, 0) is 44.0 Å². The zero-order valence-electron chi connectivity index (χ0n) is 10.8. The lowest BCUT2D eigenvalue weighted by molar-refractivity contribution is 0.0577. The van der Waals surface area contributed by atoms with Gasteiger partial charge in [-0.3, -0.25) is 4.68 Å². The van der Waals surface area contributed by atoms with Crippen LogP contribution >= 0.6 is 0 Å². The molecule has 0 spiro atoms. The van der Waals surface area contributed by atoms with Gasteiger partial charge in [0.1, 0.15) is 5.82 Å². The fourth-order valence-corrected chi connectivity index (χ4v) is 1.94. The molecular formula is C14H17FN2O. The number of rotatable bonds is 3. The molecule has 1 aromatic heterocycles. The predicted octanol–water partition coefficient (Wildman–Crippen LogP) is 2.77. The molecule has 1 heterocycles. The van der Waals surface area contributed by atoms with Crippen LogP contribution in [0.5, 0.6) is 0 Å². The molecule has 3 nitrogen and oxygen atoms in total. The van der Waals surface area contributed by atoms with Crippen molar-refractivity contribution in [2.24, 2.45) is 0 Å². The van der Waals surface area contributed by atoms with Gasteiger partial charge in [0.15, 0.2) is 0 Å². The van der Waals surface area contributed by atoms with Crippen LogP contribution in [0.1, 0.15) is 19.4 Å². The average molecular weight is 248 g/mol. The van der Waals surface area contributed by atoms with E-state index in [9.17, 15) is 9.50 Å². The third kappa shape index (κ3) is 2.96. The molecule has 0 fully saturated rings. The number of nitrogens with zero attached hydrogens (tertiary/aromatic N) is 2. The normalized spacial score (nSPS) is 11.8. The second-order valence-electron chi connectivity index (χ2n) is 5.20. The van der Waals surface area contributed by atoms with Gasteiger partial charge < -0.3 is 5.11 Å². The van der Waals surface area contributed by atoms with Crippen molar-refractivity contribution in [1.82, 2.24) is 9.78 Å². The summed E-state index contributed by atoms with van der Waals surface area (Å²) in [6.07, 6.45) is 3.59. The molecule has 0 atom stereocenters. The minimum Gasteiger partial charge on any atom is -0.389 e. The highest BCUT2D eigenvalue weighted by molar-refractivity contribution is 5.65. The highest BCUT2D eigenvalue weighted by Gasteiger charge is 2.14. The molecule has 0 amide bonds. The minimum atomic E-state index is -0.804. The van der Waals surface area contributed by atoms with Crippen LogP contribution in [-0.2, 0) is 6.54 Å². The maximum absolute atomic E-state index is 13.0. The zero-order valence-corrected chi connectivity index (χ0v) is 10.8. The third-order valence-corrected chi connectivity index (χ3v) is 2.68. The Balaban J connectivity index is 2.29. The first kappa shape index (κ1) is 12.8. The lowest BCUT2D eigenvalue weighted by atomic mass is 10.0. The molecule has 4 heteroatoms. The number of hydrogen-bond donors (Lipinski definition) is 1. The fourth-order valence-electron chi connectivity index (χ4n) is 1.94. The van der Waals surface area contributed by atoms with Gasteiger partial charge >= 0.3 is 0 Å². The Morgan fingerprint density at radius 3 is 2.72 bits per heavy atom. The molecule has 18 heavy (non-hydrogen) atoms. The summed E-state index contributed by atoms with van der Waals surface area (Å²) in [4.78, 5) is 0. The van der Waals surface area contributed by atoms with Gasteiger partial charge in [0, 0.05) is 11.8 Å². The van der Waals surface area contributed by atoms with Gasteiger partial charge in [-0.1, -0.05) is 6.07 Å². The number of aromatic nitrogens is 2. The Morgan fingerprint density at radius 2 is 2.11 bits per heavy atom. The number of aryl methyl sites for hydroxylation is 1. The van der Waals surface area contributed by atoms with Gasteiger partial charge in [0.2, 0.25) is 0 Å². The molecule has 0 aliphatic carbocycles. The number of aliphatic hydroxyl groups is 1. The van der Waals surface area contributed by atoms with E-state index < -0.39 is 5.60 Å². The van der Waals surface area contributed by atoms with Crippen LogP contribution in [0.15, 0.2) is 30.6 Å².